The molecule has 118 valence electrons. The fourth-order valence-electron chi connectivity index (χ4n) is 3.08. The van der Waals surface area contributed by atoms with Crippen LogP contribution in [0.1, 0.15) is 50.6 Å². The summed E-state index contributed by atoms with van der Waals surface area (Å²) >= 11 is 0. The molecule has 6 heteroatoms. The van der Waals surface area contributed by atoms with E-state index in [1.165, 1.54) is 18.0 Å². The summed E-state index contributed by atoms with van der Waals surface area (Å²) in [6.07, 6.45) is 3.62. The first kappa shape index (κ1) is 15.1. The molecule has 3 N–H and O–H groups in total. The maximum atomic E-state index is 12.5. The molecule has 23 heavy (non-hydrogen) atoms. The van der Waals surface area contributed by atoms with Gasteiger partial charge in [-0.1, -0.05) is 30.7 Å². The summed E-state index contributed by atoms with van der Waals surface area (Å²) in [5.41, 5.74) is 8.62. The predicted molar refractivity (Wildman–Crippen MR) is 84.8 cm³/mol. The number of hydrogen-bond acceptors (Lipinski definition) is 4. The van der Waals surface area contributed by atoms with Crippen molar-refractivity contribution in [2.75, 3.05) is 0 Å². The Morgan fingerprint density at radius 1 is 1.22 bits per heavy atom. The molecule has 0 aliphatic heterocycles. The average molecular weight is 310 g/mol. The summed E-state index contributed by atoms with van der Waals surface area (Å²) in [5.74, 6) is -0.929. The first-order valence-corrected chi connectivity index (χ1v) is 7.48. The minimum Gasteiger partial charge on any atom is -0.364 e. The number of nitrogens with zero attached hydrogens (tertiary/aromatic N) is 2. The number of aromatic nitrogens is 2. The summed E-state index contributed by atoms with van der Waals surface area (Å²) < 4.78 is 0. The highest BCUT2D eigenvalue weighted by molar-refractivity contribution is 6.04. The molecule has 1 aromatic carbocycles. The van der Waals surface area contributed by atoms with Crippen LogP contribution in [0.5, 0.6) is 0 Å². The molecule has 0 spiro atoms. The van der Waals surface area contributed by atoms with Crippen molar-refractivity contribution in [2.45, 2.75) is 26.3 Å². The highest BCUT2D eigenvalue weighted by Crippen LogP contribution is 2.36. The van der Waals surface area contributed by atoms with E-state index in [1.807, 2.05) is 6.92 Å². The summed E-state index contributed by atoms with van der Waals surface area (Å²) in [6.45, 7) is 4.11. The molecule has 0 bridgehead atoms. The van der Waals surface area contributed by atoms with Gasteiger partial charge >= 0.3 is 0 Å². The fourth-order valence-corrected chi connectivity index (χ4v) is 3.08. The van der Waals surface area contributed by atoms with Crippen LogP contribution in [0.4, 0.5) is 0 Å². The van der Waals surface area contributed by atoms with Gasteiger partial charge in [-0.2, -0.15) is 0 Å². The minimum atomic E-state index is -0.765. The van der Waals surface area contributed by atoms with Crippen LogP contribution in [0, 0.1) is 12.8 Å². The third kappa shape index (κ3) is 2.79. The Labute approximate surface area is 134 Å². The minimum absolute atomic E-state index is 0.0340. The van der Waals surface area contributed by atoms with E-state index in [0.717, 1.165) is 17.5 Å². The first-order valence-electron chi connectivity index (χ1n) is 7.48. The van der Waals surface area contributed by atoms with Gasteiger partial charge in [0.05, 0.1) is 6.04 Å². The Hall–Kier alpha value is -2.76. The summed E-state index contributed by atoms with van der Waals surface area (Å²) in [7, 11) is 0. The van der Waals surface area contributed by atoms with E-state index in [2.05, 4.69) is 40.4 Å². The molecule has 0 saturated heterocycles. The molecule has 2 aromatic rings. The average Bonchev–Trinajstić information content (AvgIpc) is 2.83. The molecule has 1 aromatic heterocycles. The van der Waals surface area contributed by atoms with Crippen LogP contribution in [0.3, 0.4) is 0 Å². The molecule has 0 fully saturated rings. The molecule has 6 nitrogen and oxygen atoms in total. The van der Waals surface area contributed by atoms with Crippen molar-refractivity contribution in [1.82, 2.24) is 15.3 Å². The van der Waals surface area contributed by atoms with Gasteiger partial charge in [-0.3, -0.25) is 9.59 Å². The van der Waals surface area contributed by atoms with E-state index in [0.29, 0.717) is 0 Å². The molecule has 0 radical (unpaired) electrons. The van der Waals surface area contributed by atoms with Gasteiger partial charge in [-0.15, -0.1) is 0 Å². The number of primary amides is 1. The maximum Gasteiger partial charge on any atom is 0.272 e. The van der Waals surface area contributed by atoms with Crippen LogP contribution < -0.4 is 11.1 Å². The monoisotopic (exact) mass is 310 g/mol. The lowest BCUT2D eigenvalue weighted by Gasteiger charge is -2.19. The molecule has 0 saturated carbocycles. The standard InChI is InChI=1S/C17H18N4O2/c1-9-3-4-11-8-10(2)13(12(11)7-9)21-17(23)15-14(16(18)22)19-5-6-20-15/h3-7,10,13H,8H2,1-2H3,(H2,18,22)(H,21,23)/t10-,13+/m1/s1. The van der Waals surface area contributed by atoms with Crippen molar-refractivity contribution < 1.29 is 9.59 Å². The number of benzene rings is 1. The molecule has 2 amide bonds. The van der Waals surface area contributed by atoms with E-state index in [1.54, 1.807) is 0 Å². The number of nitrogens with one attached hydrogen (secondary N) is 1. The lowest BCUT2D eigenvalue weighted by molar-refractivity contribution is 0.0906. The van der Waals surface area contributed by atoms with Crippen molar-refractivity contribution in [3.05, 3.63) is 58.7 Å². The Bertz CT molecular complexity index is 788. The van der Waals surface area contributed by atoms with Gasteiger partial charge in [0.2, 0.25) is 0 Å². The maximum absolute atomic E-state index is 12.5. The van der Waals surface area contributed by atoms with Crippen LogP contribution in [0.25, 0.3) is 0 Å². The molecule has 1 heterocycles. The summed E-state index contributed by atoms with van der Waals surface area (Å²) in [6, 6.07) is 6.16. The van der Waals surface area contributed by atoms with Gasteiger partial charge in [0.15, 0.2) is 11.4 Å². The zero-order chi connectivity index (χ0) is 16.6. The number of carbonyl (C=O) groups is 2. The Morgan fingerprint density at radius 3 is 2.61 bits per heavy atom. The van der Waals surface area contributed by atoms with E-state index >= 15 is 0 Å². The SMILES string of the molecule is Cc1ccc2c(c1)[C@@H](NC(=O)c1nccnc1C(N)=O)[C@H](C)C2. The smallest absolute Gasteiger partial charge is 0.272 e. The number of aryl methyl sites for hydroxylation is 1. The predicted octanol–water partition coefficient (Wildman–Crippen LogP) is 1.55. The lowest BCUT2D eigenvalue weighted by atomic mass is 10.0. The topological polar surface area (TPSA) is 98.0 Å². The van der Waals surface area contributed by atoms with E-state index in [9.17, 15) is 9.59 Å². The summed E-state index contributed by atoms with van der Waals surface area (Å²) in [4.78, 5) is 31.8. The lowest BCUT2D eigenvalue weighted by Crippen LogP contribution is -2.33. The first-order chi connectivity index (χ1) is 11.0. The Morgan fingerprint density at radius 2 is 1.91 bits per heavy atom. The zero-order valence-corrected chi connectivity index (χ0v) is 13.0. The van der Waals surface area contributed by atoms with Crippen LogP contribution in [-0.2, 0) is 6.42 Å². The zero-order valence-electron chi connectivity index (χ0n) is 13.0. The normalized spacial score (nSPS) is 19.2. The molecular weight excluding hydrogens is 292 g/mol. The van der Waals surface area contributed by atoms with Crippen LogP contribution in [0.15, 0.2) is 30.6 Å². The van der Waals surface area contributed by atoms with Gasteiger partial charge < -0.3 is 11.1 Å². The fraction of sp³-hybridized carbons (Fsp3) is 0.294. The highest BCUT2D eigenvalue weighted by Gasteiger charge is 2.32. The molecule has 0 unspecified atom stereocenters. The Balaban J connectivity index is 1.90. The van der Waals surface area contributed by atoms with E-state index < -0.39 is 11.8 Å². The van der Waals surface area contributed by atoms with E-state index in [-0.39, 0.29) is 23.3 Å². The Kier molecular flexibility index (Phi) is 3.82. The number of nitrogens with two attached hydrogens (primary N) is 1. The van der Waals surface area contributed by atoms with Crippen molar-refractivity contribution >= 4 is 11.8 Å². The van der Waals surface area contributed by atoms with Crippen molar-refractivity contribution in [1.29, 1.82) is 0 Å². The van der Waals surface area contributed by atoms with Gasteiger partial charge in [0.1, 0.15) is 0 Å². The molecule has 1 aliphatic rings. The van der Waals surface area contributed by atoms with Crippen LogP contribution >= 0.6 is 0 Å². The molecule has 3 rings (SSSR count). The number of carbonyl (C=O) groups excluding carboxylic acids is 2. The van der Waals surface area contributed by atoms with Gasteiger partial charge in [0, 0.05) is 12.4 Å². The number of hydrogen-bond donors (Lipinski definition) is 2. The molecule has 2 atom stereocenters. The number of fused-ring (bicyclic) bond motifs is 1. The molecule has 1 aliphatic carbocycles. The molecular formula is C17H18N4O2. The van der Waals surface area contributed by atoms with Crippen molar-refractivity contribution in [3.63, 3.8) is 0 Å². The summed E-state index contributed by atoms with van der Waals surface area (Å²) in [5, 5.41) is 2.97. The van der Waals surface area contributed by atoms with E-state index in [4.69, 9.17) is 5.73 Å². The quantitative estimate of drug-likeness (QED) is 0.898. The van der Waals surface area contributed by atoms with Gasteiger partial charge in [-0.25, -0.2) is 9.97 Å². The van der Waals surface area contributed by atoms with Gasteiger partial charge in [0.25, 0.3) is 11.8 Å². The van der Waals surface area contributed by atoms with Crippen molar-refractivity contribution in [2.24, 2.45) is 11.7 Å². The van der Waals surface area contributed by atoms with Crippen LogP contribution in [-0.4, -0.2) is 21.8 Å². The third-order valence-corrected chi connectivity index (χ3v) is 4.18. The van der Waals surface area contributed by atoms with Gasteiger partial charge in [-0.05, 0) is 30.4 Å². The number of rotatable bonds is 3. The largest absolute Gasteiger partial charge is 0.364 e. The van der Waals surface area contributed by atoms with Crippen LogP contribution in [0.2, 0.25) is 0 Å². The highest BCUT2D eigenvalue weighted by atomic mass is 16.2. The third-order valence-electron chi connectivity index (χ3n) is 4.18. The van der Waals surface area contributed by atoms with Crippen molar-refractivity contribution in [3.8, 4) is 0 Å². The second-order valence-electron chi connectivity index (χ2n) is 5.95. The second kappa shape index (κ2) is 5.79. The number of amides is 2. The second-order valence-corrected chi connectivity index (χ2v) is 5.95.